The van der Waals surface area contributed by atoms with Gasteiger partial charge in [-0.05, 0) is 27.7 Å². The number of aliphatic hydroxyl groups is 11. The van der Waals surface area contributed by atoms with Crippen molar-refractivity contribution in [2.45, 2.75) is 120 Å². The van der Waals surface area contributed by atoms with E-state index in [0.29, 0.717) is 0 Å². The van der Waals surface area contributed by atoms with Gasteiger partial charge in [-0.15, -0.1) is 0 Å². The van der Waals surface area contributed by atoms with Crippen molar-refractivity contribution >= 4 is 11.9 Å². The molecule has 0 bridgehead atoms. The predicted octanol–water partition coefficient (Wildman–Crippen LogP) is -3.09. The number of carbonyl (C=O) groups excluding carboxylic acids is 2. The van der Waals surface area contributed by atoms with Crippen LogP contribution in [0.2, 0.25) is 0 Å². The largest absolute Gasteiger partial charge is 0.429 e. The average Bonchev–Trinajstić information content (AvgIpc) is 3.16. The Hall–Kier alpha value is -3.48. The van der Waals surface area contributed by atoms with E-state index < -0.39 is 117 Å². The van der Waals surface area contributed by atoms with Gasteiger partial charge in [0, 0.05) is 11.1 Å². The molecule has 3 saturated heterocycles. The first-order chi connectivity index (χ1) is 26.4. The van der Waals surface area contributed by atoms with Crippen LogP contribution in [0.1, 0.15) is 27.7 Å². The summed E-state index contributed by atoms with van der Waals surface area (Å²) in [5, 5.41) is 109. The van der Waals surface area contributed by atoms with Crippen LogP contribution in [0.4, 0.5) is 0 Å². The molecule has 0 amide bonds. The van der Waals surface area contributed by atoms with Gasteiger partial charge in [0.15, 0.2) is 12.6 Å². The Kier molecular flexibility index (Phi) is 18.3. The highest BCUT2D eigenvalue weighted by Crippen LogP contribution is 2.27. The van der Waals surface area contributed by atoms with Crippen molar-refractivity contribution in [3.63, 3.8) is 0 Å². The lowest BCUT2D eigenvalue weighted by Gasteiger charge is -2.42. The summed E-state index contributed by atoms with van der Waals surface area (Å²) < 4.78 is 31.1. The van der Waals surface area contributed by atoms with Gasteiger partial charge in [-0.3, -0.25) is 0 Å². The van der Waals surface area contributed by atoms with Gasteiger partial charge in [0.1, 0.15) is 67.1 Å². The van der Waals surface area contributed by atoms with Crippen LogP contribution in [-0.2, 0) is 38.0 Å². The van der Waals surface area contributed by atoms with E-state index in [1.165, 1.54) is 26.0 Å². The molecule has 314 valence electrons. The summed E-state index contributed by atoms with van der Waals surface area (Å²) in [4.78, 5) is 25.0. The van der Waals surface area contributed by atoms with Crippen molar-refractivity contribution in [3.05, 3.63) is 83.1 Å². The fourth-order valence-corrected chi connectivity index (χ4v) is 5.22. The van der Waals surface area contributed by atoms with Gasteiger partial charge < -0.3 is 84.6 Å². The molecule has 0 aromatic heterocycles. The van der Waals surface area contributed by atoms with Crippen molar-refractivity contribution in [1.82, 2.24) is 0 Å². The third-order valence-corrected chi connectivity index (χ3v) is 8.82. The maximum Gasteiger partial charge on any atom is 0.336 e. The monoisotopic (exact) mass is 800 g/mol. The molecule has 19 heteroatoms. The third-order valence-electron chi connectivity index (χ3n) is 8.82. The molecule has 0 radical (unpaired) electrons. The molecule has 3 aliphatic rings. The summed E-state index contributed by atoms with van der Waals surface area (Å²) in [6, 6.07) is 0. The summed E-state index contributed by atoms with van der Waals surface area (Å²) in [6.45, 7) is 5.21. The van der Waals surface area contributed by atoms with E-state index in [0.717, 1.165) is 11.1 Å². The number of esters is 2. The highest BCUT2D eigenvalue weighted by Gasteiger charge is 2.48. The summed E-state index contributed by atoms with van der Waals surface area (Å²) >= 11 is 0. The maximum absolute atomic E-state index is 12.7. The van der Waals surface area contributed by atoms with Gasteiger partial charge in [-0.25, -0.2) is 9.59 Å². The second kappa shape index (κ2) is 21.9. The maximum atomic E-state index is 12.7. The van der Waals surface area contributed by atoms with E-state index in [9.17, 15) is 65.8 Å². The Balaban J connectivity index is 1.48. The Labute approximate surface area is 322 Å². The number of rotatable bonds is 14. The molecule has 0 aromatic carbocycles. The quantitative estimate of drug-likeness (QED) is 0.0471. The molecule has 0 aromatic rings. The normalized spacial score (nSPS) is 38.1. The van der Waals surface area contributed by atoms with E-state index in [1.807, 2.05) is 6.92 Å². The first-order valence-corrected chi connectivity index (χ1v) is 17.5. The van der Waals surface area contributed by atoms with Crippen LogP contribution in [0.25, 0.3) is 0 Å². The first-order valence-electron chi connectivity index (χ1n) is 17.5. The Morgan fingerprint density at radius 2 is 0.911 bits per heavy atom. The third kappa shape index (κ3) is 12.8. The van der Waals surface area contributed by atoms with E-state index in [4.69, 9.17) is 28.4 Å². The fourth-order valence-electron chi connectivity index (χ4n) is 5.22. The second-order valence-electron chi connectivity index (χ2n) is 13.3. The van der Waals surface area contributed by atoms with Gasteiger partial charge in [0.25, 0.3) is 0 Å². The molecule has 0 aliphatic carbocycles. The lowest BCUT2D eigenvalue weighted by molar-refractivity contribution is -0.330. The number of aliphatic hydroxyl groups excluding tert-OH is 11. The molecule has 11 N–H and O–H groups in total. The van der Waals surface area contributed by atoms with Crippen LogP contribution in [0, 0.1) is 0 Å². The Morgan fingerprint density at radius 3 is 1.39 bits per heavy atom. The standard InChI is InChI=1S/C37H52O19/c1-17(9-5-6-10-18(2)12-8-14-20(4)33(49)55-37-31(47)27(43)28(44)34(50)56-37)11-7-13-19(3)32(48)54-36-30(46)26(42)24(40)22(53-36)16-51-35-29(45)25(41)23(39)21(15-38)52-35/h5-14,21-31,34-47,50H,15-16H2,1-4H3/b6-5+,11-7+,12-8+,17-9+,18-10+,19-13-,20-14+/t21-,22-,23-,24-,25+,26+,27+,28+,29-,30-,31-,34+,35?,36+,37-/m1/s1. The van der Waals surface area contributed by atoms with Crippen LogP contribution in [0.3, 0.4) is 0 Å². The van der Waals surface area contributed by atoms with E-state index in [1.54, 1.807) is 55.5 Å². The minimum atomic E-state index is -1.85. The molecule has 0 spiro atoms. The SMILES string of the molecule is C/C(=C/C=C/C(C)=C/C=C/C=C(C)/C=C/C=C(\C)C(=O)O[C@@H]1O[C@H](O)[C@@H](O)[C@H](O)[C@H]1O)C(=O)O[C@@H]1O[C@H](COC2O[C@H](CO)[C@@H](O)[C@H](O)[C@H]2O)[C@@H](O)[C@H](O)[C@H]1O. The molecular weight excluding hydrogens is 748 g/mol. The summed E-state index contributed by atoms with van der Waals surface area (Å²) in [6.07, 6.45) is -8.69. The van der Waals surface area contributed by atoms with E-state index in [-0.39, 0.29) is 11.1 Å². The van der Waals surface area contributed by atoms with Crippen molar-refractivity contribution in [2.24, 2.45) is 0 Å². The number of ether oxygens (including phenoxy) is 6. The second-order valence-corrected chi connectivity index (χ2v) is 13.3. The lowest BCUT2D eigenvalue weighted by Crippen LogP contribution is -2.61. The zero-order valence-corrected chi connectivity index (χ0v) is 31.0. The molecule has 0 saturated carbocycles. The van der Waals surface area contributed by atoms with E-state index >= 15 is 0 Å². The Morgan fingerprint density at radius 1 is 0.500 bits per heavy atom. The van der Waals surface area contributed by atoms with Gasteiger partial charge in [-0.2, -0.15) is 0 Å². The lowest BCUT2D eigenvalue weighted by atomic mass is 9.98. The predicted molar refractivity (Wildman–Crippen MR) is 190 cm³/mol. The molecule has 3 fully saturated rings. The van der Waals surface area contributed by atoms with Crippen molar-refractivity contribution in [1.29, 1.82) is 0 Å². The molecule has 1 unspecified atom stereocenters. The molecule has 3 rings (SSSR count). The van der Waals surface area contributed by atoms with Crippen molar-refractivity contribution in [2.75, 3.05) is 13.2 Å². The summed E-state index contributed by atoms with van der Waals surface area (Å²) in [5.41, 5.74) is 1.83. The summed E-state index contributed by atoms with van der Waals surface area (Å²) in [5.74, 6) is -1.79. The highest BCUT2D eigenvalue weighted by atomic mass is 16.8. The van der Waals surface area contributed by atoms with Crippen LogP contribution >= 0.6 is 0 Å². The van der Waals surface area contributed by atoms with Crippen LogP contribution in [0.15, 0.2) is 83.1 Å². The molecule has 15 atom stereocenters. The number of carbonyl (C=O) groups is 2. The molecule has 19 nitrogen and oxygen atoms in total. The average molecular weight is 801 g/mol. The van der Waals surface area contributed by atoms with Gasteiger partial charge in [0.2, 0.25) is 12.6 Å². The highest BCUT2D eigenvalue weighted by molar-refractivity contribution is 5.88. The molecule has 3 heterocycles. The number of hydrogen-bond donors (Lipinski definition) is 11. The molecule has 3 aliphatic heterocycles. The van der Waals surface area contributed by atoms with Crippen LogP contribution < -0.4 is 0 Å². The van der Waals surface area contributed by atoms with E-state index in [2.05, 4.69) is 0 Å². The molecule has 56 heavy (non-hydrogen) atoms. The van der Waals surface area contributed by atoms with Gasteiger partial charge >= 0.3 is 11.9 Å². The van der Waals surface area contributed by atoms with Crippen molar-refractivity contribution < 1.29 is 94.2 Å². The topological polar surface area (TPSA) is 312 Å². The van der Waals surface area contributed by atoms with Crippen molar-refractivity contribution in [3.8, 4) is 0 Å². The summed E-state index contributed by atoms with van der Waals surface area (Å²) in [7, 11) is 0. The van der Waals surface area contributed by atoms with Gasteiger partial charge in [-0.1, -0.05) is 71.9 Å². The van der Waals surface area contributed by atoms with Gasteiger partial charge in [0.05, 0.1) is 13.2 Å². The first kappa shape index (κ1) is 46.9. The van der Waals surface area contributed by atoms with Crippen LogP contribution in [-0.4, -0.2) is 174 Å². The number of hydrogen-bond acceptors (Lipinski definition) is 19. The van der Waals surface area contributed by atoms with Crippen LogP contribution in [0.5, 0.6) is 0 Å². The zero-order valence-electron chi connectivity index (χ0n) is 31.0. The molecular formula is C37H52O19. The smallest absolute Gasteiger partial charge is 0.336 e. The number of allylic oxidation sites excluding steroid dienone is 12. The minimum Gasteiger partial charge on any atom is -0.429 e. The minimum absolute atomic E-state index is 0.0929. The fraction of sp³-hybridized carbons (Fsp3) is 0.568. The zero-order chi connectivity index (χ0) is 41.9. The Bertz CT molecular complexity index is 1530.